The molecule has 1 atom stereocenters. The molecule has 0 amide bonds. The number of halogens is 2. The second kappa shape index (κ2) is 5.73. The van der Waals surface area contributed by atoms with Gasteiger partial charge < -0.3 is 4.57 Å². The average molecular weight is 401 g/mol. The van der Waals surface area contributed by atoms with Crippen molar-refractivity contribution in [2.45, 2.75) is 25.4 Å². The molecule has 3 rings (SSSR count). The molecule has 104 valence electrons. The monoisotopic (exact) mass is 400 g/mol. The number of benzene rings is 1. The zero-order valence-electron chi connectivity index (χ0n) is 11.0. The minimum absolute atomic E-state index is 0.113. The fourth-order valence-electron chi connectivity index (χ4n) is 2.30. The summed E-state index contributed by atoms with van der Waals surface area (Å²) in [5.41, 5.74) is 2.12. The first-order chi connectivity index (χ1) is 9.65. The highest BCUT2D eigenvalue weighted by atomic mass is 127. The SMILES string of the molecule is CC(Cl)c1nc2cc(I)ccc2n1CCn1cccn1. The largest absolute Gasteiger partial charge is 0.325 e. The highest BCUT2D eigenvalue weighted by Gasteiger charge is 2.15. The van der Waals surface area contributed by atoms with Gasteiger partial charge in [0.2, 0.25) is 0 Å². The van der Waals surface area contributed by atoms with Gasteiger partial charge in [0.25, 0.3) is 0 Å². The molecule has 4 nitrogen and oxygen atoms in total. The van der Waals surface area contributed by atoms with Crippen LogP contribution in [0.3, 0.4) is 0 Å². The summed E-state index contributed by atoms with van der Waals surface area (Å²) in [7, 11) is 0. The van der Waals surface area contributed by atoms with Crippen molar-refractivity contribution in [1.29, 1.82) is 0 Å². The third-order valence-electron chi connectivity index (χ3n) is 3.21. The van der Waals surface area contributed by atoms with E-state index >= 15 is 0 Å². The van der Waals surface area contributed by atoms with Gasteiger partial charge in [-0.3, -0.25) is 4.68 Å². The molecule has 0 fully saturated rings. The molecule has 0 bridgehead atoms. The molecule has 0 aliphatic rings. The molecule has 0 aliphatic heterocycles. The van der Waals surface area contributed by atoms with Crippen molar-refractivity contribution in [2.75, 3.05) is 0 Å². The maximum Gasteiger partial charge on any atom is 0.127 e. The van der Waals surface area contributed by atoms with Crippen molar-refractivity contribution >= 4 is 45.2 Å². The molecule has 1 aromatic carbocycles. The lowest BCUT2D eigenvalue weighted by Crippen LogP contribution is -2.11. The van der Waals surface area contributed by atoms with Gasteiger partial charge in [0.1, 0.15) is 5.82 Å². The van der Waals surface area contributed by atoms with Crippen LogP contribution in [0.5, 0.6) is 0 Å². The number of aromatic nitrogens is 4. The van der Waals surface area contributed by atoms with Crippen LogP contribution in [-0.2, 0) is 13.1 Å². The lowest BCUT2D eigenvalue weighted by molar-refractivity contribution is 0.528. The van der Waals surface area contributed by atoms with E-state index in [1.807, 2.05) is 23.9 Å². The molecule has 1 unspecified atom stereocenters. The first-order valence-corrected chi connectivity index (χ1v) is 7.94. The minimum atomic E-state index is -0.113. The predicted molar refractivity (Wildman–Crippen MR) is 88.9 cm³/mol. The average Bonchev–Trinajstić information content (AvgIpc) is 3.02. The predicted octanol–water partition coefficient (Wildman–Crippen LogP) is 3.84. The van der Waals surface area contributed by atoms with Crippen LogP contribution in [0.1, 0.15) is 18.1 Å². The quantitative estimate of drug-likeness (QED) is 0.493. The third kappa shape index (κ3) is 2.69. The van der Waals surface area contributed by atoms with E-state index in [4.69, 9.17) is 11.6 Å². The maximum absolute atomic E-state index is 6.27. The first-order valence-electron chi connectivity index (χ1n) is 6.42. The maximum atomic E-state index is 6.27. The first kappa shape index (κ1) is 13.9. The van der Waals surface area contributed by atoms with Crippen molar-refractivity contribution in [2.24, 2.45) is 0 Å². The summed E-state index contributed by atoms with van der Waals surface area (Å²) in [5.74, 6) is 0.913. The van der Waals surface area contributed by atoms with Crippen LogP contribution in [0.25, 0.3) is 11.0 Å². The Balaban J connectivity index is 2.00. The topological polar surface area (TPSA) is 35.6 Å². The van der Waals surface area contributed by atoms with Crippen LogP contribution in [-0.4, -0.2) is 19.3 Å². The number of nitrogens with zero attached hydrogens (tertiary/aromatic N) is 4. The van der Waals surface area contributed by atoms with E-state index in [2.05, 4.69) is 55.4 Å². The molecule has 20 heavy (non-hydrogen) atoms. The molecule has 0 spiro atoms. The summed E-state index contributed by atoms with van der Waals surface area (Å²) < 4.78 is 5.28. The standard InChI is InChI=1S/C14H14ClIN4/c1-10(15)14-18-12-9-11(16)3-4-13(12)20(14)8-7-19-6-2-5-17-19/h2-6,9-10H,7-8H2,1H3. The summed E-state index contributed by atoms with van der Waals surface area (Å²) in [4.78, 5) is 4.67. The number of fused-ring (bicyclic) bond motifs is 1. The van der Waals surface area contributed by atoms with Crippen molar-refractivity contribution in [1.82, 2.24) is 19.3 Å². The Morgan fingerprint density at radius 2 is 2.20 bits per heavy atom. The Hall–Kier alpha value is -1.08. The van der Waals surface area contributed by atoms with Gasteiger partial charge in [-0.2, -0.15) is 5.10 Å². The minimum Gasteiger partial charge on any atom is -0.325 e. The molecule has 2 heterocycles. The van der Waals surface area contributed by atoms with E-state index in [1.165, 1.54) is 3.57 Å². The summed E-state index contributed by atoms with van der Waals surface area (Å²) in [6.07, 6.45) is 3.76. The van der Waals surface area contributed by atoms with Gasteiger partial charge in [-0.05, 0) is 53.8 Å². The van der Waals surface area contributed by atoms with E-state index in [0.717, 1.165) is 29.9 Å². The Kier molecular flexibility index (Phi) is 3.98. The molecule has 3 aromatic rings. The summed E-state index contributed by atoms with van der Waals surface area (Å²) >= 11 is 8.57. The van der Waals surface area contributed by atoms with Gasteiger partial charge in [-0.1, -0.05) is 0 Å². The van der Waals surface area contributed by atoms with Crippen LogP contribution in [0.4, 0.5) is 0 Å². The molecular weight excluding hydrogens is 387 g/mol. The molecule has 0 N–H and O–H groups in total. The van der Waals surface area contributed by atoms with Gasteiger partial charge in [0.05, 0.1) is 23.0 Å². The van der Waals surface area contributed by atoms with Crippen molar-refractivity contribution in [3.63, 3.8) is 0 Å². The van der Waals surface area contributed by atoms with E-state index in [9.17, 15) is 0 Å². The molecule has 2 aromatic heterocycles. The van der Waals surface area contributed by atoms with Crippen molar-refractivity contribution in [3.05, 3.63) is 46.1 Å². The number of imidazole rings is 1. The van der Waals surface area contributed by atoms with Gasteiger partial charge in [0, 0.05) is 22.5 Å². The molecule has 0 radical (unpaired) electrons. The Morgan fingerprint density at radius 1 is 1.35 bits per heavy atom. The van der Waals surface area contributed by atoms with Crippen LogP contribution < -0.4 is 0 Å². The van der Waals surface area contributed by atoms with Gasteiger partial charge in [0.15, 0.2) is 0 Å². The number of hydrogen-bond acceptors (Lipinski definition) is 2. The molecule has 6 heteroatoms. The Bertz CT molecular complexity index is 718. The second-order valence-electron chi connectivity index (χ2n) is 4.64. The van der Waals surface area contributed by atoms with Gasteiger partial charge in [-0.25, -0.2) is 4.98 Å². The summed E-state index contributed by atoms with van der Waals surface area (Å²) in [6, 6.07) is 8.22. The molecule has 0 saturated heterocycles. The fraction of sp³-hybridized carbons (Fsp3) is 0.286. The summed E-state index contributed by atoms with van der Waals surface area (Å²) in [6.45, 7) is 3.57. The third-order valence-corrected chi connectivity index (χ3v) is 4.07. The molecular formula is C14H14ClIN4. The number of alkyl halides is 1. The highest BCUT2D eigenvalue weighted by molar-refractivity contribution is 14.1. The van der Waals surface area contributed by atoms with Crippen LogP contribution in [0.15, 0.2) is 36.7 Å². The zero-order chi connectivity index (χ0) is 14.1. The van der Waals surface area contributed by atoms with Crippen LogP contribution in [0, 0.1) is 3.57 Å². The smallest absolute Gasteiger partial charge is 0.127 e. The van der Waals surface area contributed by atoms with Crippen molar-refractivity contribution in [3.8, 4) is 0 Å². The normalized spacial score (nSPS) is 12.9. The van der Waals surface area contributed by atoms with Crippen molar-refractivity contribution < 1.29 is 0 Å². The van der Waals surface area contributed by atoms with E-state index in [1.54, 1.807) is 6.20 Å². The molecule has 0 aliphatic carbocycles. The summed E-state index contributed by atoms with van der Waals surface area (Å²) in [5, 5.41) is 4.12. The Morgan fingerprint density at radius 3 is 2.90 bits per heavy atom. The zero-order valence-corrected chi connectivity index (χ0v) is 13.9. The molecule has 0 saturated carbocycles. The lowest BCUT2D eigenvalue weighted by Gasteiger charge is -2.10. The van der Waals surface area contributed by atoms with E-state index in [-0.39, 0.29) is 5.38 Å². The van der Waals surface area contributed by atoms with Gasteiger partial charge in [-0.15, -0.1) is 11.6 Å². The van der Waals surface area contributed by atoms with Crippen LogP contribution in [0.2, 0.25) is 0 Å². The number of rotatable bonds is 4. The van der Waals surface area contributed by atoms with E-state index in [0.29, 0.717) is 0 Å². The fourth-order valence-corrected chi connectivity index (χ4v) is 2.94. The highest BCUT2D eigenvalue weighted by Crippen LogP contribution is 2.25. The lowest BCUT2D eigenvalue weighted by atomic mass is 10.3. The van der Waals surface area contributed by atoms with Gasteiger partial charge >= 0.3 is 0 Å². The number of aryl methyl sites for hydroxylation is 2. The van der Waals surface area contributed by atoms with E-state index < -0.39 is 0 Å². The Labute approximate surface area is 135 Å². The van der Waals surface area contributed by atoms with Crippen LogP contribution >= 0.6 is 34.2 Å². The second-order valence-corrected chi connectivity index (χ2v) is 6.54. The number of hydrogen-bond donors (Lipinski definition) is 0.